The van der Waals surface area contributed by atoms with Crippen LogP contribution in [0.3, 0.4) is 0 Å². The molecule has 3 aliphatic heterocycles. The van der Waals surface area contributed by atoms with Crippen molar-refractivity contribution >= 4 is 0 Å². The number of rotatable bonds is 4. The van der Waals surface area contributed by atoms with Gasteiger partial charge in [-0.05, 0) is 59.6 Å². The second-order valence-corrected chi connectivity index (χ2v) is 8.73. The van der Waals surface area contributed by atoms with Gasteiger partial charge in [-0.15, -0.1) is 0 Å². The van der Waals surface area contributed by atoms with Crippen molar-refractivity contribution in [2.45, 2.75) is 75.8 Å². The van der Waals surface area contributed by atoms with Gasteiger partial charge in [0.25, 0.3) is 0 Å². The number of likely N-dealkylation sites (N-methyl/N-ethyl adjacent to an activating group) is 1. The van der Waals surface area contributed by atoms with Gasteiger partial charge in [0.2, 0.25) is 0 Å². The highest BCUT2D eigenvalue weighted by atomic mass is 16.6. The van der Waals surface area contributed by atoms with Crippen LogP contribution < -0.4 is 21.3 Å². The molecule has 4 rings (SSSR count). The molecule has 4 aliphatic rings. The van der Waals surface area contributed by atoms with E-state index >= 15 is 0 Å². The summed E-state index contributed by atoms with van der Waals surface area (Å²) in [6.07, 6.45) is 6.55. The Morgan fingerprint density at radius 2 is 2.14 bits per heavy atom. The zero-order valence-electron chi connectivity index (χ0n) is 21.0. The fourth-order valence-electron chi connectivity index (χ4n) is 5.17. The number of ether oxygens (including phenoxy) is 2. The molecule has 1 aliphatic carbocycles. The molecule has 7 nitrogen and oxygen atoms in total. The van der Waals surface area contributed by atoms with Gasteiger partial charge >= 0.3 is 0 Å². The molecular weight excluding hydrogens is 354 g/mol. The zero-order chi connectivity index (χ0) is 22.7. The summed E-state index contributed by atoms with van der Waals surface area (Å²) in [5, 5.41) is 13.1. The van der Waals surface area contributed by atoms with Crippen molar-refractivity contribution in [3.05, 3.63) is 11.6 Å². The Morgan fingerprint density at radius 1 is 1.21 bits per heavy atom. The van der Waals surface area contributed by atoms with Crippen molar-refractivity contribution in [1.82, 2.24) is 26.2 Å². The molecule has 7 unspecified atom stereocenters. The van der Waals surface area contributed by atoms with E-state index in [1.807, 2.05) is 0 Å². The Bertz CT molecular complexity index is 652. The van der Waals surface area contributed by atoms with Crippen molar-refractivity contribution < 1.29 is 15.0 Å². The van der Waals surface area contributed by atoms with Crippen LogP contribution in [0.15, 0.2) is 11.6 Å². The molecule has 0 amide bonds. The average Bonchev–Trinajstić information content (AvgIpc) is 2.96. The van der Waals surface area contributed by atoms with Gasteiger partial charge in [0.05, 0.1) is 31.6 Å². The molecule has 1 saturated carbocycles. The fourth-order valence-corrected chi connectivity index (χ4v) is 5.17. The van der Waals surface area contributed by atoms with Gasteiger partial charge < -0.3 is 19.7 Å². The predicted octanol–water partition coefficient (Wildman–Crippen LogP) is 0.591. The van der Waals surface area contributed by atoms with Crippen LogP contribution in [0.1, 0.15) is 44.5 Å². The van der Waals surface area contributed by atoms with E-state index in [4.69, 9.17) is 15.0 Å². The monoisotopic (exact) mass is 397 g/mol. The molecule has 0 spiro atoms. The van der Waals surface area contributed by atoms with E-state index in [9.17, 15) is 0 Å². The predicted molar refractivity (Wildman–Crippen MR) is 111 cm³/mol. The number of hydrogen-bond acceptors (Lipinski definition) is 7. The minimum Gasteiger partial charge on any atom is -0.373 e. The molecule has 0 bridgehead atoms. The molecule has 4 N–H and O–H groups in total. The van der Waals surface area contributed by atoms with Crippen LogP contribution in [0.2, 0.25) is 0 Å². The highest BCUT2D eigenvalue weighted by Gasteiger charge is 2.43. The van der Waals surface area contributed by atoms with E-state index in [2.05, 4.69) is 39.3 Å². The molecule has 28 heavy (non-hydrogen) atoms. The van der Waals surface area contributed by atoms with Crippen molar-refractivity contribution in [3.63, 3.8) is 0 Å². The Hall–Kier alpha value is -0.540. The van der Waals surface area contributed by atoms with E-state index in [0.29, 0.717) is 25.6 Å². The summed E-state index contributed by atoms with van der Waals surface area (Å²) >= 11 is 0. The Balaban J connectivity index is 1.44. The van der Waals surface area contributed by atoms with E-state index in [1.165, 1.54) is 5.57 Å². The topological polar surface area (TPSA) is 69.8 Å². The molecule has 7 heteroatoms. The molecule has 2 saturated heterocycles. The van der Waals surface area contributed by atoms with Gasteiger partial charge in [-0.3, -0.25) is 16.0 Å². The zero-order valence-corrected chi connectivity index (χ0v) is 17.0. The van der Waals surface area contributed by atoms with Gasteiger partial charge in [-0.2, -0.15) is 0 Å². The van der Waals surface area contributed by atoms with Crippen LogP contribution in [0, 0.1) is 5.92 Å². The molecule has 0 aromatic carbocycles. The van der Waals surface area contributed by atoms with E-state index in [1.54, 1.807) is 0 Å². The van der Waals surface area contributed by atoms with Crippen LogP contribution in [-0.4, -0.2) is 82.0 Å². The lowest BCUT2D eigenvalue weighted by Gasteiger charge is -2.47. The number of nitrogens with zero attached hydrogens (tertiary/aromatic N) is 1. The third-order valence-corrected chi connectivity index (χ3v) is 6.56. The summed E-state index contributed by atoms with van der Waals surface area (Å²) in [6.45, 7) is 1.36. The minimum atomic E-state index is -2.22. The lowest BCUT2D eigenvalue weighted by molar-refractivity contribution is -0.173. The van der Waals surface area contributed by atoms with Gasteiger partial charge in [0.15, 0.2) is 0 Å². The molecular formula is C21H39N5O2. The van der Waals surface area contributed by atoms with Crippen LogP contribution in [0.5, 0.6) is 0 Å². The highest BCUT2D eigenvalue weighted by molar-refractivity contribution is 5.15. The van der Waals surface area contributed by atoms with Crippen LogP contribution in [-0.2, 0) is 9.47 Å². The molecule has 0 aromatic rings. The summed E-state index contributed by atoms with van der Waals surface area (Å²) in [6, 6.07) is 0.128. The SMILES string of the molecule is [2H]CC1CC(NC([2H])([2H])[2H])NC(NC2CC3OCCOC3C(C3=CCN(C)CCC3)C2)N1. The largest absolute Gasteiger partial charge is 0.373 e. The smallest absolute Gasteiger partial charge is 0.113 e. The minimum absolute atomic E-state index is 0.0637. The van der Waals surface area contributed by atoms with Crippen LogP contribution in [0.4, 0.5) is 0 Å². The molecule has 3 heterocycles. The summed E-state index contributed by atoms with van der Waals surface area (Å²) in [4.78, 5) is 2.36. The van der Waals surface area contributed by atoms with Crippen LogP contribution in [0.25, 0.3) is 0 Å². The molecule has 3 fully saturated rings. The van der Waals surface area contributed by atoms with E-state index in [0.717, 1.165) is 38.8 Å². The Morgan fingerprint density at radius 3 is 3.04 bits per heavy atom. The summed E-state index contributed by atoms with van der Waals surface area (Å²) in [5.41, 5.74) is 1.48. The maximum atomic E-state index is 7.82. The third-order valence-electron chi connectivity index (χ3n) is 6.56. The van der Waals surface area contributed by atoms with Gasteiger partial charge in [-0.25, -0.2) is 0 Å². The van der Waals surface area contributed by atoms with Crippen molar-refractivity contribution in [2.24, 2.45) is 5.92 Å². The Labute approximate surface area is 175 Å². The first kappa shape index (κ1) is 16.2. The second-order valence-electron chi connectivity index (χ2n) is 8.73. The number of nitrogens with one attached hydrogen (secondary N) is 4. The molecule has 160 valence electrons. The van der Waals surface area contributed by atoms with Gasteiger partial charge in [0.1, 0.15) is 6.29 Å². The summed E-state index contributed by atoms with van der Waals surface area (Å²) in [5.74, 6) is 0.324. The van der Waals surface area contributed by atoms with Crippen molar-refractivity contribution in [3.8, 4) is 0 Å². The first-order valence-electron chi connectivity index (χ1n) is 13.0. The summed E-state index contributed by atoms with van der Waals surface area (Å²) < 4.78 is 42.8. The normalized spacial score (nSPS) is 45.6. The first-order chi connectivity index (χ1) is 15.3. The average molecular weight is 398 g/mol. The number of hydrogen-bond donors (Lipinski definition) is 4. The van der Waals surface area contributed by atoms with E-state index in [-0.39, 0.29) is 43.6 Å². The maximum Gasteiger partial charge on any atom is 0.113 e. The third kappa shape index (κ3) is 4.95. The number of fused-ring (bicyclic) bond motifs is 1. The van der Waals surface area contributed by atoms with Crippen molar-refractivity contribution in [1.29, 1.82) is 0 Å². The maximum absolute atomic E-state index is 7.82. The van der Waals surface area contributed by atoms with Crippen molar-refractivity contribution in [2.75, 3.05) is 40.3 Å². The molecule has 7 atom stereocenters. The lowest BCUT2D eigenvalue weighted by Crippen LogP contribution is -2.68. The quantitative estimate of drug-likeness (QED) is 0.518. The highest BCUT2D eigenvalue weighted by Crippen LogP contribution is 2.38. The second kappa shape index (κ2) is 9.51. The Kier molecular flexibility index (Phi) is 5.50. The standard InChI is InChI=1S/C21H39N5O2/c1-14-11-19(22-2)25-21(23-14)24-16-12-17(15-5-4-7-26(3)8-6-15)20-18(13-16)27-9-10-28-20/h6,14,16-25H,4-5,7-13H2,1-3H3/i1D,2D3. The fraction of sp³-hybridized carbons (Fsp3) is 0.905. The first-order valence-corrected chi connectivity index (χ1v) is 10.8. The summed E-state index contributed by atoms with van der Waals surface area (Å²) in [7, 11) is 2.17. The molecule has 0 radical (unpaired) electrons. The lowest BCUT2D eigenvalue weighted by atomic mass is 9.75. The van der Waals surface area contributed by atoms with Gasteiger partial charge in [0, 0.05) is 30.0 Å². The van der Waals surface area contributed by atoms with E-state index < -0.39 is 6.98 Å². The molecule has 0 aromatic heterocycles. The van der Waals surface area contributed by atoms with Crippen LogP contribution >= 0.6 is 0 Å². The van der Waals surface area contributed by atoms with Gasteiger partial charge in [-0.1, -0.05) is 11.6 Å².